The SMILES string of the molecule is NNC(=O)C(=O)N1CCC(F)(F)CC1. The highest BCUT2D eigenvalue weighted by Gasteiger charge is 2.36. The lowest BCUT2D eigenvalue weighted by molar-refractivity contribution is -0.149. The largest absolute Gasteiger partial charge is 0.334 e. The summed E-state index contributed by atoms with van der Waals surface area (Å²) >= 11 is 0. The maximum atomic E-state index is 12.7. The van der Waals surface area contributed by atoms with E-state index in [0.717, 1.165) is 4.90 Å². The second kappa shape index (κ2) is 3.87. The van der Waals surface area contributed by atoms with Gasteiger partial charge in [0.1, 0.15) is 0 Å². The van der Waals surface area contributed by atoms with Gasteiger partial charge >= 0.3 is 11.8 Å². The van der Waals surface area contributed by atoms with Gasteiger partial charge in [-0.25, -0.2) is 14.6 Å². The molecule has 1 aliphatic heterocycles. The lowest BCUT2D eigenvalue weighted by atomic mass is 10.1. The number of carbonyl (C=O) groups is 2. The Morgan fingerprint density at radius 3 is 2.21 bits per heavy atom. The first-order chi connectivity index (χ1) is 6.46. The molecule has 0 aromatic rings. The Kier molecular flexibility index (Phi) is 3.00. The Balaban J connectivity index is 2.50. The molecule has 0 radical (unpaired) electrons. The number of nitrogens with zero attached hydrogens (tertiary/aromatic N) is 1. The molecular weight excluding hydrogens is 196 g/mol. The first-order valence-electron chi connectivity index (χ1n) is 4.14. The minimum Gasteiger partial charge on any atom is -0.334 e. The summed E-state index contributed by atoms with van der Waals surface area (Å²) in [5.41, 5.74) is 1.67. The van der Waals surface area contributed by atoms with Crippen LogP contribution < -0.4 is 11.3 Å². The van der Waals surface area contributed by atoms with E-state index in [1.807, 2.05) is 0 Å². The highest BCUT2D eigenvalue weighted by Crippen LogP contribution is 2.27. The predicted octanol–water partition coefficient (Wildman–Crippen LogP) is -0.766. The van der Waals surface area contributed by atoms with Crippen LogP contribution >= 0.6 is 0 Å². The van der Waals surface area contributed by atoms with Crippen molar-refractivity contribution in [3.8, 4) is 0 Å². The van der Waals surface area contributed by atoms with Crippen molar-refractivity contribution in [2.24, 2.45) is 5.84 Å². The molecule has 80 valence electrons. The minimum absolute atomic E-state index is 0.112. The number of piperidine rings is 1. The molecule has 14 heavy (non-hydrogen) atoms. The Hall–Kier alpha value is -1.24. The summed E-state index contributed by atoms with van der Waals surface area (Å²) in [5.74, 6) is 0.177. The third-order valence-corrected chi connectivity index (χ3v) is 2.11. The van der Waals surface area contributed by atoms with Crippen LogP contribution in [0.1, 0.15) is 12.8 Å². The van der Waals surface area contributed by atoms with Gasteiger partial charge in [0.05, 0.1) is 0 Å². The van der Waals surface area contributed by atoms with Gasteiger partial charge in [0.25, 0.3) is 5.92 Å². The Labute approximate surface area is 79.2 Å². The molecule has 2 amide bonds. The predicted molar refractivity (Wildman–Crippen MR) is 43.1 cm³/mol. The number of amides is 2. The summed E-state index contributed by atoms with van der Waals surface area (Å²) in [5, 5.41) is 0. The van der Waals surface area contributed by atoms with E-state index >= 15 is 0 Å². The van der Waals surface area contributed by atoms with E-state index in [9.17, 15) is 18.4 Å². The number of hydrazine groups is 1. The van der Waals surface area contributed by atoms with Crippen LogP contribution in [0.15, 0.2) is 0 Å². The summed E-state index contributed by atoms with van der Waals surface area (Å²) in [4.78, 5) is 23.0. The molecule has 3 N–H and O–H groups in total. The van der Waals surface area contributed by atoms with Crippen molar-refractivity contribution in [3.63, 3.8) is 0 Å². The van der Waals surface area contributed by atoms with Crippen LogP contribution in [-0.4, -0.2) is 35.7 Å². The number of rotatable bonds is 0. The van der Waals surface area contributed by atoms with E-state index < -0.39 is 30.6 Å². The number of likely N-dealkylation sites (tertiary alicyclic amines) is 1. The van der Waals surface area contributed by atoms with Gasteiger partial charge in [-0.05, 0) is 0 Å². The molecule has 1 aliphatic rings. The summed E-state index contributed by atoms with van der Waals surface area (Å²) in [7, 11) is 0. The molecule has 0 saturated carbocycles. The summed E-state index contributed by atoms with van der Waals surface area (Å²) in [6, 6.07) is 0. The molecule has 0 aliphatic carbocycles. The van der Waals surface area contributed by atoms with Gasteiger partial charge < -0.3 is 4.90 Å². The second-order valence-corrected chi connectivity index (χ2v) is 3.12. The van der Waals surface area contributed by atoms with Gasteiger partial charge in [-0.1, -0.05) is 0 Å². The maximum absolute atomic E-state index is 12.7. The first-order valence-corrected chi connectivity index (χ1v) is 4.14. The Morgan fingerprint density at radius 1 is 1.29 bits per heavy atom. The fourth-order valence-corrected chi connectivity index (χ4v) is 1.24. The molecular formula is C7H11F2N3O2. The van der Waals surface area contributed by atoms with Crippen molar-refractivity contribution in [1.82, 2.24) is 10.3 Å². The molecule has 1 heterocycles. The lowest BCUT2D eigenvalue weighted by Crippen LogP contribution is -2.50. The van der Waals surface area contributed by atoms with Crippen LogP contribution in [0.4, 0.5) is 8.78 Å². The number of nitrogens with two attached hydrogens (primary N) is 1. The topological polar surface area (TPSA) is 75.4 Å². The van der Waals surface area contributed by atoms with Crippen molar-refractivity contribution >= 4 is 11.8 Å². The zero-order valence-corrected chi connectivity index (χ0v) is 7.43. The van der Waals surface area contributed by atoms with Gasteiger partial charge in [-0.3, -0.25) is 15.0 Å². The second-order valence-electron chi connectivity index (χ2n) is 3.12. The summed E-state index contributed by atoms with van der Waals surface area (Å²) < 4.78 is 25.3. The van der Waals surface area contributed by atoms with E-state index in [-0.39, 0.29) is 13.1 Å². The first kappa shape index (κ1) is 10.8. The van der Waals surface area contributed by atoms with Crippen LogP contribution in [0.3, 0.4) is 0 Å². The van der Waals surface area contributed by atoms with E-state index in [4.69, 9.17) is 5.84 Å². The third kappa shape index (κ3) is 2.38. The Bertz CT molecular complexity index is 247. The molecule has 0 aromatic heterocycles. The van der Waals surface area contributed by atoms with E-state index in [2.05, 4.69) is 0 Å². The normalized spacial score (nSPS) is 20.4. The molecule has 1 fully saturated rings. The standard InChI is InChI=1S/C7H11F2N3O2/c8-7(9)1-3-12(4-2-7)6(14)5(13)11-10/h1-4,10H2,(H,11,13). The fraction of sp³-hybridized carbons (Fsp3) is 0.714. The van der Waals surface area contributed by atoms with Gasteiger partial charge in [0.2, 0.25) is 0 Å². The molecule has 0 spiro atoms. The highest BCUT2D eigenvalue weighted by atomic mass is 19.3. The molecule has 0 bridgehead atoms. The minimum atomic E-state index is -2.73. The zero-order valence-electron chi connectivity index (χ0n) is 7.43. The van der Waals surface area contributed by atoms with Crippen molar-refractivity contribution in [2.75, 3.05) is 13.1 Å². The average molecular weight is 207 g/mol. The summed E-state index contributed by atoms with van der Waals surface area (Å²) in [6.45, 7) is -0.224. The van der Waals surface area contributed by atoms with Crippen molar-refractivity contribution in [3.05, 3.63) is 0 Å². The van der Waals surface area contributed by atoms with Crippen molar-refractivity contribution in [2.45, 2.75) is 18.8 Å². The molecule has 0 aromatic carbocycles. The maximum Gasteiger partial charge on any atom is 0.323 e. The monoisotopic (exact) mass is 207 g/mol. The molecule has 0 unspecified atom stereocenters. The number of hydrogen-bond acceptors (Lipinski definition) is 3. The number of carbonyl (C=O) groups excluding carboxylic acids is 2. The van der Waals surface area contributed by atoms with Crippen LogP contribution in [0.25, 0.3) is 0 Å². The summed E-state index contributed by atoms with van der Waals surface area (Å²) in [6.07, 6.45) is -0.812. The van der Waals surface area contributed by atoms with Gasteiger partial charge in [-0.15, -0.1) is 0 Å². The molecule has 1 rings (SSSR count). The number of nitrogens with one attached hydrogen (secondary N) is 1. The van der Waals surface area contributed by atoms with Crippen molar-refractivity contribution < 1.29 is 18.4 Å². The Morgan fingerprint density at radius 2 is 1.79 bits per heavy atom. The molecule has 5 nitrogen and oxygen atoms in total. The lowest BCUT2D eigenvalue weighted by Gasteiger charge is -2.30. The van der Waals surface area contributed by atoms with Crippen LogP contribution in [0.5, 0.6) is 0 Å². The quantitative estimate of drug-likeness (QED) is 0.237. The van der Waals surface area contributed by atoms with E-state index in [0.29, 0.717) is 0 Å². The highest BCUT2D eigenvalue weighted by molar-refractivity contribution is 6.34. The van der Waals surface area contributed by atoms with Gasteiger partial charge in [-0.2, -0.15) is 0 Å². The fourth-order valence-electron chi connectivity index (χ4n) is 1.24. The molecule has 1 saturated heterocycles. The zero-order chi connectivity index (χ0) is 10.8. The average Bonchev–Trinajstić information content (AvgIpc) is 2.15. The number of hydrogen-bond donors (Lipinski definition) is 2. The van der Waals surface area contributed by atoms with Crippen LogP contribution in [0, 0.1) is 0 Å². The molecule has 0 atom stereocenters. The smallest absolute Gasteiger partial charge is 0.323 e. The number of alkyl halides is 2. The van der Waals surface area contributed by atoms with Crippen LogP contribution in [0.2, 0.25) is 0 Å². The van der Waals surface area contributed by atoms with Gasteiger partial charge in [0, 0.05) is 25.9 Å². The van der Waals surface area contributed by atoms with E-state index in [1.54, 1.807) is 5.43 Å². The van der Waals surface area contributed by atoms with Gasteiger partial charge in [0.15, 0.2) is 0 Å². The van der Waals surface area contributed by atoms with E-state index in [1.165, 1.54) is 0 Å². The molecule has 7 heteroatoms. The third-order valence-electron chi connectivity index (χ3n) is 2.11. The van der Waals surface area contributed by atoms with Crippen LogP contribution in [-0.2, 0) is 9.59 Å². The number of halogens is 2. The van der Waals surface area contributed by atoms with Crippen molar-refractivity contribution in [1.29, 1.82) is 0 Å².